The highest BCUT2D eigenvalue weighted by Crippen LogP contribution is 2.17. The van der Waals surface area contributed by atoms with E-state index in [9.17, 15) is 0 Å². The number of halogens is 1. The van der Waals surface area contributed by atoms with Crippen molar-refractivity contribution in [1.29, 1.82) is 5.26 Å². The van der Waals surface area contributed by atoms with Crippen LogP contribution < -0.4 is 4.74 Å². The fraction of sp³-hybridized carbons (Fsp3) is 0.462. The Labute approximate surface area is 111 Å². The minimum atomic E-state index is 0.574. The zero-order valence-corrected chi connectivity index (χ0v) is 11.6. The molecule has 0 aromatic heterocycles. The molecule has 0 saturated carbocycles. The molecule has 0 bridgehead atoms. The van der Waals surface area contributed by atoms with Crippen LogP contribution in [0.15, 0.2) is 28.7 Å². The maximum Gasteiger partial charge on any atom is 0.120 e. The number of nitriles is 1. The molecule has 0 N–H and O–H groups in total. The number of hydrogen-bond donors (Lipinski definition) is 0. The van der Waals surface area contributed by atoms with Gasteiger partial charge in [0.1, 0.15) is 12.4 Å². The van der Waals surface area contributed by atoms with E-state index in [1.807, 2.05) is 24.3 Å². The summed E-state index contributed by atoms with van der Waals surface area (Å²) in [7, 11) is 0. The first-order chi connectivity index (χ1) is 8.26. The molecule has 0 fully saturated rings. The van der Waals surface area contributed by atoms with E-state index in [-0.39, 0.29) is 0 Å². The predicted molar refractivity (Wildman–Crippen MR) is 72.0 cm³/mol. The van der Waals surface area contributed by atoms with Gasteiger partial charge in [0.15, 0.2) is 0 Å². The van der Waals surface area contributed by atoms with Gasteiger partial charge in [-0.1, -0.05) is 28.9 Å². The smallest absolute Gasteiger partial charge is 0.120 e. The molecule has 1 aromatic carbocycles. The fourth-order valence-corrected chi connectivity index (χ4v) is 1.86. The van der Waals surface area contributed by atoms with Crippen LogP contribution in [-0.2, 0) is 0 Å². The van der Waals surface area contributed by atoms with Gasteiger partial charge in [-0.2, -0.15) is 5.26 Å². The molecule has 0 atom stereocenters. The highest BCUT2D eigenvalue weighted by Gasteiger charge is 2.02. The lowest BCUT2D eigenvalue weighted by Gasteiger charge is -2.18. The second-order valence-electron chi connectivity index (χ2n) is 3.65. The molecule has 0 amide bonds. The molecule has 92 valence electrons. The molecular weight excluding hydrogens is 280 g/mol. The van der Waals surface area contributed by atoms with Gasteiger partial charge >= 0.3 is 0 Å². The molecule has 0 aliphatic heterocycles. The van der Waals surface area contributed by atoms with Gasteiger partial charge in [0.2, 0.25) is 0 Å². The number of ether oxygens (including phenoxy) is 1. The van der Waals surface area contributed by atoms with E-state index in [0.717, 1.165) is 29.9 Å². The third-order valence-corrected chi connectivity index (χ3v) is 2.95. The van der Waals surface area contributed by atoms with Crippen molar-refractivity contribution >= 4 is 15.9 Å². The predicted octanol–water partition coefficient (Wildman–Crippen LogP) is 3.06. The van der Waals surface area contributed by atoms with Crippen molar-refractivity contribution in [3.8, 4) is 11.8 Å². The van der Waals surface area contributed by atoms with E-state index in [4.69, 9.17) is 10.00 Å². The van der Waals surface area contributed by atoms with Crippen LogP contribution in [0.2, 0.25) is 0 Å². The number of benzene rings is 1. The van der Waals surface area contributed by atoms with Crippen molar-refractivity contribution in [2.45, 2.75) is 13.3 Å². The van der Waals surface area contributed by atoms with Crippen LogP contribution in [0.25, 0.3) is 0 Å². The maximum absolute atomic E-state index is 8.53. The number of hydrogen-bond acceptors (Lipinski definition) is 3. The summed E-state index contributed by atoms with van der Waals surface area (Å²) < 4.78 is 6.66. The Morgan fingerprint density at radius 2 is 2.24 bits per heavy atom. The van der Waals surface area contributed by atoms with Gasteiger partial charge in [-0.15, -0.1) is 0 Å². The Bertz CT molecular complexity index is 376. The molecule has 4 heteroatoms. The van der Waals surface area contributed by atoms with Gasteiger partial charge in [0, 0.05) is 24.0 Å². The van der Waals surface area contributed by atoms with Crippen molar-refractivity contribution in [1.82, 2.24) is 4.90 Å². The highest BCUT2D eigenvalue weighted by atomic mass is 79.9. The average Bonchev–Trinajstić information content (AvgIpc) is 2.33. The topological polar surface area (TPSA) is 36.3 Å². The number of rotatable bonds is 7. The van der Waals surface area contributed by atoms with Crippen molar-refractivity contribution in [2.75, 3.05) is 26.2 Å². The second-order valence-corrected chi connectivity index (χ2v) is 4.56. The largest absolute Gasteiger partial charge is 0.492 e. The first-order valence-corrected chi connectivity index (χ1v) is 6.53. The summed E-state index contributed by atoms with van der Waals surface area (Å²) in [6.07, 6.45) is 0.574. The molecule has 0 radical (unpaired) electrons. The molecule has 0 aliphatic carbocycles. The van der Waals surface area contributed by atoms with Crippen LogP contribution >= 0.6 is 15.9 Å². The summed E-state index contributed by atoms with van der Waals surface area (Å²) in [4.78, 5) is 2.21. The first-order valence-electron chi connectivity index (χ1n) is 5.74. The van der Waals surface area contributed by atoms with E-state index < -0.39 is 0 Å². The molecule has 0 aliphatic rings. The van der Waals surface area contributed by atoms with Crippen LogP contribution in [0.3, 0.4) is 0 Å². The summed E-state index contributed by atoms with van der Waals surface area (Å²) in [5.41, 5.74) is 0. The van der Waals surface area contributed by atoms with Crippen LogP contribution in [0, 0.1) is 11.3 Å². The Kier molecular flexibility index (Phi) is 6.68. The van der Waals surface area contributed by atoms with E-state index in [0.29, 0.717) is 13.0 Å². The SMILES string of the molecule is CCN(CCC#N)CCOc1cccc(Br)c1. The van der Waals surface area contributed by atoms with Gasteiger partial charge in [0.25, 0.3) is 0 Å². The summed E-state index contributed by atoms with van der Waals surface area (Å²) in [6, 6.07) is 9.97. The van der Waals surface area contributed by atoms with Crippen molar-refractivity contribution < 1.29 is 4.74 Å². The second kappa shape index (κ2) is 8.10. The Hall–Kier alpha value is -1.05. The van der Waals surface area contributed by atoms with Gasteiger partial charge in [0.05, 0.1) is 6.07 Å². The molecule has 1 aromatic rings. The number of nitrogens with zero attached hydrogens (tertiary/aromatic N) is 2. The Balaban J connectivity index is 2.29. The molecule has 0 unspecified atom stereocenters. The zero-order valence-electron chi connectivity index (χ0n) is 10.0. The lowest BCUT2D eigenvalue weighted by atomic mass is 10.3. The molecule has 1 rings (SSSR count). The molecular formula is C13H17BrN2O. The van der Waals surface area contributed by atoms with E-state index in [1.54, 1.807) is 0 Å². The van der Waals surface area contributed by atoms with E-state index in [1.165, 1.54) is 0 Å². The molecule has 17 heavy (non-hydrogen) atoms. The molecule has 0 heterocycles. The van der Waals surface area contributed by atoms with E-state index >= 15 is 0 Å². The minimum Gasteiger partial charge on any atom is -0.492 e. The molecule has 0 spiro atoms. The fourth-order valence-electron chi connectivity index (χ4n) is 1.49. The Morgan fingerprint density at radius 3 is 2.88 bits per heavy atom. The van der Waals surface area contributed by atoms with Crippen LogP contribution in [0.4, 0.5) is 0 Å². The van der Waals surface area contributed by atoms with Crippen LogP contribution in [0.5, 0.6) is 5.75 Å². The van der Waals surface area contributed by atoms with E-state index in [2.05, 4.69) is 33.8 Å². The summed E-state index contributed by atoms with van der Waals surface area (Å²) in [6.45, 7) is 5.36. The molecule has 0 saturated heterocycles. The normalized spacial score (nSPS) is 10.2. The molecule has 3 nitrogen and oxygen atoms in total. The Morgan fingerprint density at radius 1 is 1.41 bits per heavy atom. The van der Waals surface area contributed by atoms with Crippen molar-refractivity contribution in [3.63, 3.8) is 0 Å². The standard InChI is InChI=1S/C13H17BrN2O/c1-2-16(8-4-7-15)9-10-17-13-6-3-5-12(14)11-13/h3,5-6,11H,2,4,8-10H2,1H3. The quantitative estimate of drug-likeness (QED) is 0.776. The van der Waals surface area contributed by atoms with Gasteiger partial charge < -0.3 is 4.74 Å². The van der Waals surface area contributed by atoms with Crippen LogP contribution in [-0.4, -0.2) is 31.1 Å². The maximum atomic E-state index is 8.53. The lowest BCUT2D eigenvalue weighted by molar-refractivity contribution is 0.218. The third-order valence-electron chi connectivity index (χ3n) is 2.46. The van der Waals surface area contributed by atoms with Crippen LogP contribution in [0.1, 0.15) is 13.3 Å². The van der Waals surface area contributed by atoms with Gasteiger partial charge in [-0.05, 0) is 24.7 Å². The number of likely N-dealkylation sites (N-methyl/N-ethyl adjacent to an activating group) is 1. The minimum absolute atomic E-state index is 0.574. The zero-order chi connectivity index (χ0) is 12.5. The van der Waals surface area contributed by atoms with Gasteiger partial charge in [-0.25, -0.2) is 0 Å². The third kappa shape index (κ3) is 5.71. The highest BCUT2D eigenvalue weighted by molar-refractivity contribution is 9.10. The average molecular weight is 297 g/mol. The van der Waals surface area contributed by atoms with Crippen molar-refractivity contribution in [2.24, 2.45) is 0 Å². The van der Waals surface area contributed by atoms with Gasteiger partial charge in [-0.3, -0.25) is 4.90 Å². The lowest BCUT2D eigenvalue weighted by Crippen LogP contribution is -2.29. The van der Waals surface area contributed by atoms with Crippen molar-refractivity contribution in [3.05, 3.63) is 28.7 Å². The summed E-state index contributed by atoms with van der Waals surface area (Å²) >= 11 is 3.40. The first kappa shape index (κ1) is 14.0. The summed E-state index contributed by atoms with van der Waals surface area (Å²) in [5.74, 6) is 0.871. The monoisotopic (exact) mass is 296 g/mol. The summed E-state index contributed by atoms with van der Waals surface area (Å²) in [5, 5.41) is 8.53.